The smallest absolute Gasteiger partial charge is 0.255 e. The number of piperidine rings is 2. The number of aromatic nitrogens is 4. The number of amides is 3. The molecule has 0 bridgehead atoms. The van der Waals surface area contributed by atoms with E-state index in [0.717, 1.165) is 99.4 Å². The SMILES string of the molecule is Cn1ncc(-c2nc(NC3CCC(NCCCCCCCN4CCC(c5cc(F)cc6c5CN(C5CCC(=O)NC5=O)C6=O)CC4)CC3)ncc2Cl)c1CC1CC1. The molecule has 57 heavy (non-hydrogen) atoms. The average Bonchev–Trinajstić information content (AvgIpc) is 3.88. The van der Waals surface area contributed by atoms with Gasteiger partial charge in [0.15, 0.2) is 0 Å². The molecule has 3 aliphatic heterocycles. The van der Waals surface area contributed by atoms with Gasteiger partial charge in [0.05, 0.1) is 23.1 Å². The van der Waals surface area contributed by atoms with Crippen LogP contribution in [0.2, 0.25) is 5.02 Å². The lowest BCUT2D eigenvalue weighted by Gasteiger charge is -2.33. The molecule has 0 radical (unpaired) electrons. The number of fused-ring (bicyclic) bond motifs is 1. The topological polar surface area (TPSA) is 137 Å². The van der Waals surface area contributed by atoms with Gasteiger partial charge in [-0.1, -0.05) is 30.9 Å². The highest BCUT2D eigenvalue weighted by Crippen LogP contribution is 2.39. The molecular formula is C43H57ClFN9O3. The van der Waals surface area contributed by atoms with Gasteiger partial charge in [-0.25, -0.2) is 14.4 Å². The normalized spacial score (nSPS) is 23.2. The van der Waals surface area contributed by atoms with E-state index >= 15 is 0 Å². The van der Waals surface area contributed by atoms with Crippen LogP contribution in [0.3, 0.4) is 0 Å². The molecule has 2 saturated carbocycles. The molecule has 2 aromatic heterocycles. The van der Waals surface area contributed by atoms with Gasteiger partial charge in [0.2, 0.25) is 17.8 Å². The minimum atomic E-state index is -0.693. The van der Waals surface area contributed by atoms with Crippen molar-refractivity contribution in [2.75, 3.05) is 31.5 Å². The highest BCUT2D eigenvalue weighted by Gasteiger charge is 2.41. The molecule has 5 aliphatic rings. The molecule has 0 spiro atoms. The lowest BCUT2D eigenvalue weighted by Crippen LogP contribution is -2.52. The Hall–Kier alpha value is -3.94. The van der Waals surface area contributed by atoms with Gasteiger partial charge in [-0.3, -0.25) is 24.4 Å². The minimum Gasteiger partial charge on any atom is -0.351 e. The Kier molecular flexibility index (Phi) is 12.5. The van der Waals surface area contributed by atoms with Crippen molar-refractivity contribution < 1.29 is 18.8 Å². The summed E-state index contributed by atoms with van der Waals surface area (Å²) in [6.45, 7) is 4.36. The molecule has 2 saturated heterocycles. The van der Waals surface area contributed by atoms with Gasteiger partial charge in [-0.15, -0.1) is 0 Å². The molecule has 1 unspecified atom stereocenters. The van der Waals surface area contributed by atoms with Crippen molar-refractivity contribution in [1.29, 1.82) is 0 Å². The van der Waals surface area contributed by atoms with Crippen molar-refractivity contribution in [2.45, 2.75) is 133 Å². The fraction of sp³-hybridized carbons (Fsp3) is 0.628. The summed E-state index contributed by atoms with van der Waals surface area (Å²) >= 11 is 6.59. The largest absolute Gasteiger partial charge is 0.351 e. The Balaban J connectivity index is 0.693. The first kappa shape index (κ1) is 39.9. The number of hydrogen-bond acceptors (Lipinski definition) is 9. The Labute approximate surface area is 340 Å². The summed E-state index contributed by atoms with van der Waals surface area (Å²) in [7, 11) is 2.00. The van der Waals surface area contributed by atoms with Crippen LogP contribution in [-0.2, 0) is 29.6 Å². The van der Waals surface area contributed by atoms with Crippen LogP contribution in [0.4, 0.5) is 10.3 Å². The molecule has 2 aliphatic carbocycles. The number of anilines is 1. The Morgan fingerprint density at radius 3 is 2.42 bits per heavy atom. The van der Waals surface area contributed by atoms with E-state index in [2.05, 4.69) is 30.9 Å². The van der Waals surface area contributed by atoms with Crippen LogP contribution in [0.15, 0.2) is 24.5 Å². The number of rotatable bonds is 16. The van der Waals surface area contributed by atoms with Crippen LogP contribution in [0, 0.1) is 11.7 Å². The second-order valence-electron chi connectivity index (χ2n) is 17.1. The molecule has 14 heteroatoms. The number of hydrogen-bond donors (Lipinski definition) is 3. The molecular weight excluding hydrogens is 745 g/mol. The van der Waals surface area contributed by atoms with Crippen molar-refractivity contribution in [3.8, 4) is 11.3 Å². The lowest BCUT2D eigenvalue weighted by molar-refractivity contribution is -0.136. The van der Waals surface area contributed by atoms with Gasteiger partial charge < -0.3 is 20.4 Å². The maximum Gasteiger partial charge on any atom is 0.255 e. The Bertz CT molecular complexity index is 1940. The number of carbonyl (C=O) groups excluding carboxylic acids is 3. The Morgan fingerprint density at radius 1 is 0.895 bits per heavy atom. The van der Waals surface area contributed by atoms with Crippen LogP contribution in [0.5, 0.6) is 0 Å². The third kappa shape index (κ3) is 9.52. The molecule has 1 atom stereocenters. The van der Waals surface area contributed by atoms with Gasteiger partial charge in [-0.05, 0) is 138 Å². The van der Waals surface area contributed by atoms with E-state index in [9.17, 15) is 18.8 Å². The van der Waals surface area contributed by atoms with Gasteiger partial charge in [-0.2, -0.15) is 5.10 Å². The summed E-state index contributed by atoms with van der Waals surface area (Å²) < 4.78 is 16.8. The van der Waals surface area contributed by atoms with E-state index in [4.69, 9.17) is 16.6 Å². The second-order valence-corrected chi connectivity index (χ2v) is 17.5. The molecule has 5 heterocycles. The summed E-state index contributed by atoms with van der Waals surface area (Å²) in [4.78, 5) is 50.9. The molecule has 4 fully saturated rings. The van der Waals surface area contributed by atoms with Gasteiger partial charge >= 0.3 is 0 Å². The van der Waals surface area contributed by atoms with E-state index in [1.54, 1.807) is 12.3 Å². The number of nitrogens with one attached hydrogen (secondary N) is 3. The van der Waals surface area contributed by atoms with Crippen LogP contribution >= 0.6 is 11.6 Å². The fourth-order valence-corrected chi connectivity index (χ4v) is 9.72. The summed E-state index contributed by atoms with van der Waals surface area (Å²) in [5.74, 6) is 0.0973. The number of carbonyl (C=O) groups is 3. The summed E-state index contributed by atoms with van der Waals surface area (Å²) in [5, 5.41) is 14.8. The first-order chi connectivity index (χ1) is 27.7. The maximum atomic E-state index is 14.8. The molecule has 1 aromatic carbocycles. The lowest BCUT2D eigenvalue weighted by atomic mass is 9.85. The van der Waals surface area contributed by atoms with Gasteiger partial charge in [0, 0.05) is 48.9 Å². The quantitative estimate of drug-likeness (QED) is 0.109. The van der Waals surface area contributed by atoms with Crippen LogP contribution in [0.1, 0.15) is 129 Å². The number of aryl methyl sites for hydroxylation is 1. The molecule has 12 nitrogen and oxygen atoms in total. The molecule has 8 rings (SSSR count). The second kappa shape index (κ2) is 17.9. The highest BCUT2D eigenvalue weighted by molar-refractivity contribution is 6.33. The van der Waals surface area contributed by atoms with E-state index in [1.165, 1.54) is 61.6 Å². The molecule has 3 amide bonds. The standard InChI is InChI=1S/C43H57ClFN9O3/c1-52-38(21-27-7-8-27)34(24-48-52)40-36(44)25-47-43(51-40)49-31-11-9-30(10-12-31)46-17-5-3-2-4-6-18-53-19-15-28(16-20-53)32-22-29(45)23-33-35(32)26-54(42(33)57)37-13-14-39(55)50-41(37)56/h22-25,27-28,30-31,37,46H,2-21,26H2,1H3,(H,47,49,51)(H,50,55,56). The van der Waals surface area contributed by atoms with Crippen LogP contribution in [-0.4, -0.2) is 91.6 Å². The number of halogens is 2. The molecule has 3 N–H and O–H groups in total. The van der Waals surface area contributed by atoms with Gasteiger partial charge in [0.25, 0.3) is 5.91 Å². The van der Waals surface area contributed by atoms with Gasteiger partial charge in [0.1, 0.15) is 11.9 Å². The predicted molar refractivity (Wildman–Crippen MR) is 217 cm³/mol. The van der Waals surface area contributed by atoms with Crippen LogP contribution in [0.25, 0.3) is 11.3 Å². The fourth-order valence-electron chi connectivity index (χ4n) is 9.53. The zero-order valence-corrected chi connectivity index (χ0v) is 34.0. The minimum absolute atomic E-state index is 0.187. The van der Waals surface area contributed by atoms with Crippen LogP contribution < -0.4 is 16.0 Å². The monoisotopic (exact) mass is 801 g/mol. The zero-order chi connectivity index (χ0) is 39.5. The number of imide groups is 1. The number of unbranched alkanes of at least 4 members (excludes halogenated alkanes) is 4. The summed E-state index contributed by atoms with van der Waals surface area (Å²) in [6, 6.07) is 3.13. The van der Waals surface area contributed by atoms with Crippen molar-refractivity contribution in [3.63, 3.8) is 0 Å². The Morgan fingerprint density at radius 2 is 1.65 bits per heavy atom. The number of nitrogens with zero attached hydrogens (tertiary/aromatic N) is 6. The van der Waals surface area contributed by atoms with E-state index < -0.39 is 17.8 Å². The summed E-state index contributed by atoms with van der Waals surface area (Å²) in [6.07, 6.45) is 20.1. The first-order valence-electron chi connectivity index (χ1n) is 21.4. The zero-order valence-electron chi connectivity index (χ0n) is 33.2. The van der Waals surface area contributed by atoms with Crippen molar-refractivity contribution in [1.82, 2.24) is 40.2 Å². The average molecular weight is 802 g/mol. The summed E-state index contributed by atoms with van der Waals surface area (Å²) in [5.41, 5.74) is 5.10. The third-order valence-corrected chi connectivity index (χ3v) is 13.3. The molecule has 306 valence electrons. The molecule has 3 aromatic rings. The van der Waals surface area contributed by atoms with Crippen molar-refractivity contribution in [2.24, 2.45) is 13.0 Å². The number of benzene rings is 1. The van der Waals surface area contributed by atoms with Crippen molar-refractivity contribution >= 4 is 35.3 Å². The van der Waals surface area contributed by atoms with E-state index in [1.807, 2.05) is 17.9 Å². The maximum absolute atomic E-state index is 14.8. The number of likely N-dealkylation sites (tertiary alicyclic amines) is 1. The first-order valence-corrected chi connectivity index (χ1v) is 21.8. The predicted octanol–water partition coefficient (Wildman–Crippen LogP) is 6.53. The third-order valence-electron chi connectivity index (χ3n) is 13.1. The highest BCUT2D eigenvalue weighted by atomic mass is 35.5. The van der Waals surface area contributed by atoms with E-state index in [0.29, 0.717) is 41.6 Å². The van der Waals surface area contributed by atoms with Crippen molar-refractivity contribution in [3.05, 3.63) is 57.8 Å². The van der Waals surface area contributed by atoms with E-state index in [-0.39, 0.29) is 24.2 Å².